The second-order valence-electron chi connectivity index (χ2n) is 3.28. The molecule has 16 heavy (non-hydrogen) atoms. The van der Waals surface area contributed by atoms with Gasteiger partial charge in [0.1, 0.15) is 6.04 Å². The van der Waals surface area contributed by atoms with E-state index in [9.17, 15) is 0 Å². The average molecular weight is 283 g/mol. The summed E-state index contributed by atoms with van der Waals surface area (Å²) in [5, 5.41) is 7.68. The van der Waals surface area contributed by atoms with Gasteiger partial charge in [0.15, 0.2) is 0 Å². The van der Waals surface area contributed by atoms with E-state index in [0.717, 1.165) is 15.9 Å². The van der Waals surface area contributed by atoms with E-state index < -0.39 is 0 Å². The van der Waals surface area contributed by atoms with Gasteiger partial charge in [0.05, 0.1) is 17.6 Å². The maximum absolute atomic E-state index is 5.53. The van der Waals surface area contributed by atoms with Gasteiger partial charge in [0.2, 0.25) is 0 Å². The Morgan fingerprint density at radius 2 is 2.25 bits per heavy atom. The molecule has 0 saturated heterocycles. The van der Waals surface area contributed by atoms with Crippen LogP contribution in [-0.4, -0.2) is 20.0 Å². The fourth-order valence-electron chi connectivity index (χ4n) is 1.44. The third-order valence-electron chi connectivity index (χ3n) is 2.26. The third kappa shape index (κ3) is 2.11. The molecule has 0 saturated carbocycles. The molecule has 3 N–H and O–H groups in total. The highest BCUT2D eigenvalue weighted by Crippen LogP contribution is 2.19. The zero-order chi connectivity index (χ0) is 11.5. The van der Waals surface area contributed by atoms with Gasteiger partial charge in [-0.25, -0.2) is 5.43 Å². The zero-order valence-electron chi connectivity index (χ0n) is 8.63. The van der Waals surface area contributed by atoms with Gasteiger partial charge in [0, 0.05) is 17.7 Å². The predicted octanol–water partition coefficient (Wildman–Crippen LogP) is 0.525. The highest BCUT2D eigenvalue weighted by atomic mass is 79.9. The van der Waals surface area contributed by atoms with E-state index >= 15 is 0 Å². The normalized spacial score (nSPS) is 12.7. The summed E-state index contributed by atoms with van der Waals surface area (Å²) in [5.41, 5.74) is 4.38. The van der Waals surface area contributed by atoms with Gasteiger partial charge in [-0.15, -0.1) is 5.10 Å². The highest BCUT2D eigenvalue weighted by Gasteiger charge is 2.17. The molecule has 0 fully saturated rings. The molecule has 1 unspecified atom stereocenters. The lowest BCUT2D eigenvalue weighted by Crippen LogP contribution is -2.31. The lowest BCUT2D eigenvalue weighted by Gasteiger charge is -2.14. The van der Waals surface area contributed by atoms with Crippen LogP contribution in [-0.2, 0) is 7.05 Å². The number of nitrogens with two attached hydrogens (primary N) is 1. The minimum absolute atomic E-state index is 0.215. The summed E-state index contributed by atoms with van der Waals surface area (Å²) >= 11 is 3.34. The van der Waals surface area contributed by atoms with Crippen LogP contribution in [0.4, 0.5) is 0 Å². The number of hydrogen-bond donors (Lipinski definition) is 2. The summed E-state index contributed by atoms with van der Waals surface area (Å²) in [7, 11) is 1.81. The number of halogens is 1. The summed E-state index contributed by atoms with van der Waals surface area (Å²) in [4.78, 5) is 4.29. The number of nitrogens with zero attached hydrogens (tertiary/aromatic N) is 4. The Labute approximate surface area is 101 Å². The molecular formula is C9H11BrN6. The number of hydrazine groups is 1. The zero-order valence-corrected chi connectivity index (χ0v) is 10.2. The molecule has 0 amide bonds. The Morgan fingerprint density at radius 3 is 2.75 bits per heavy atom. The number of rotatable bonds is 3. The molecule has 0 aliphatic rings. The van der Waals surface area contributed by atoms with Crippen molar-refractivity contribution in [3.05, 3.63) is 40.4 Å². The Bertz CT molecular complexity index is 465. The molecule has 2 heterocycles. The molecular weight excluding hydrogens is 272 g/mol. The maximum Gasteiger partial charge on any atom is 0.106 e. The number of aryl methyl sites for hydroxylation is 1. The fraction of sp³-hybridized carbons (Fsp3) is 0.222. The van der Waals surface area contributed by atoms with Crippen LogP contribution in [0, 0.1) is 0 Å². The molecule has 6 nitrogen and oxygen atoms in total. The third-order valence-corrected chi connectivity index (χ3v) is 2.73. The number of pyridine rings is 1. The molecule has 2 aromatic rings. The second-order valence-corrected chi connectivity index (χ2v) is 4.20. The molecule has 2 rings (SSSR count). The van der Waals surface area contributed by atoms with Gasteiger partial charge < -0.3 is 0 Å². The largest absolute Gasteiger partial charge is 0.270 e. The van der Waals surface area contributed by atoms with Crippen molar-refractivity contribution in [3.8, 4) is 0 Å². The number of nitrogens with one attached hydrogen (secondary N) is 1. The minimum Gasteiger partial charge on any atom is -0.270 e. The van der Waals surface area contributed by atoms with Crippen molar-refractivity contribution < 1.29 is 0 Å². The van der Waals surface area contributed by atoms with Crippen LogP contribution in [0.3, 0.4) is 0 Å². The van der Waals surface area contributed by atoms with Gasteiger partial charge in [-0.3, -0.25) is 15.5 Å². The lowest BCUT2D eigenvalue weighted by atomic mass is 10.1. The van der Waals surface area contributed by atoms with Gasteiger partial charge in [0.25, 0.3) is 0 Å². The average Bonchev–Trinajstić information content (AvgIpc) is 2.69. The topological polar surface area (TPSA) is 81.7 Å². The van der Waals surface area contributed by atoms with Crippen LogP contribution in [0.5, 0.6) is 0 Å². The highest BCUT2D eigenvalue weighted by molar-refractivity contribution is 9.10. The van der Waals surface area contributed by atoms with Crippen LogP contribution in [0.25, 0.3) is 0 Å². The van der Waals surface area contributed by atoms with Crippen molar-refractivity contribution in [3.63, 3.8) is 0 Å². The van der Waals surface area contributed by atoms with E-state index in [1.807, 2.05) is 19.2 Å². The van der Waals surface area contributed by atoms with E-state index in [2.05, 4.69) is 36.7 Å². The Balaban J connectivity index is 2.37. The first-order valence-electron chi connectivity index (χ1n) is 4.64. The quantitative estimate of drug-likeness (QED) is 0.634. The standard InChI is InChI=1S/C9H11BrN6/c1-16-8(5-13-15-16)9(14-11)7-3-2-6(10)4-12-7/h2-5,9,14H,11H2,1H3. The molecule has 0 radical (unpaired) electrons. The summed E-state index contributed by atoms with van der Waals surface area (Å²) in [5.74, 6) is 5.53. The van der Waals surface area contributed by atoms with Gasteiger partial charge in [-0.2, -0.15) is 0 Å². The van der Waals surface area contributed by atoms with E-state index in [-0.39, 0.29) is 6.04 Å². The summed E-state index contributed by atoms with van der Waals surface area (Å²) in [6.07, 6.45) is 3.39. The van der Waals surface area contributed by atoms with Crippen molar-refractivity contribution in [1.82, 2.24) is 25.4 Å². The van der Waals surface area contributed by atoms with Gasteiger partial charge in [-0.1, -0.05) is 5.21 Å². The Kier molecular flexibility index (Phi) is 3.28. The molecule has 0 aliphatic heterocycles. The van der Waals surface area contributed by atoms with E-state index in [1.54, 1.807) is 17.1 Å². The first-order valence-corrected chi connectivity index (χ1v) is 5.44. The lowest BCUT2D eigenvalue weighted by molar-refractivity contribution is 0.560. The number of aromatic nitrogens is 4. The summed E-state index contributed by atoms with van der Waals surface area (Å²) < 4.78 is 2.59. The molecule has 0 bridgehead atoms. The van der Waals surface area contributed by atoms with Crippen molar-refractivity contribution in [2.24, 2.45) is 12.9 Å². The first-order chi connectivity index (χ1) is 7.72. The van der Waals surface area contributed by atoms with Crippen LogP contribution >= 0.6 is 15.9 Å². The van der Waals surface area contributed by atoms with Crippen LogP contribution < -0.4 is 11.3 Å². The van der Waals surface area contributed by atoms with Crippen molar-refractivity contribution in [2.45, 2.75) is 6.04 Å². The Morgan fingerprint density at radius 1 is 1.44 bits per heavy atom. The molecule has 2 aromatic heterocycles. The summed E-state index contributed by atoms with van der Waals surface area (Å²) in [6.45, 7) is 0. The van der Waals surface area contributed by atoms with Crippen LogP contribution in [0.15, 0.2) is 29.0 Å². The fourth-order valence-corrected chi connectivity index (χ4v) is 1.67. The van der Waals surface area contributed by atoms with Gasteiger partial charge >= 0.3 is 0 Å². The first kappa shape index (κ1) is 11.2. The second kappa shape index (κ2) is 4.69. The minimum atomic E-state index is -0.215. The van der Waals surface area contributed by atoms with Crippen molar-refractivity contribution in [1.29, 1.82) is 0 Å². The van der Waals surface area contributed by atoms with Crippen LogP contribution in [0.1, 0.15) is 17.4 Å². The molecule has 0 spiro atoms. The SMILES string of the molecule is Cn1nncc1C(NN)c1ccc(Br)cn1. The smallest absolute Gasteiger partial charge is 0.106 e. The van der Waals surface area contributed by atoms with Crippen molar-refractivity contribution >= 4 is 15.9 Å². The molecule has 0 aliphatic carbocycles. The maximum atomic E-state index is 5.53. The van der Waals surface area contributed by atoms with Crippen molar-refractivity contribution in [2.75, 3.05) is 0 Å². The van der Waals surface area contributed by atoms with Gasteiger partial charge in [-0.05, 0) is 28.1 Å². The molecule has 1 atom stereocenters. The molecule has 0 aromatic carbocycles. The van der Waals surface area contributed by atoms with E-state index in [0.29, 0.717) is 0 Å². The Hall–Kier alpha value is -1.31. The molecule has 84 valence electrons. The van der Waals surface area contributed by atoms with Crippen LogP contribution in [0.2, 0.25) is 0 Å². The monoisotopic (exact) mass is 282 g/mol. The summed E-state index contributed by atoms with van der Waals surface area (Å²) in [6, 6.07) is 3.59. The predicted molar refractivity (Wildman–Crippen MR) is 62.1 cm³/mol. The number of hydrogen-bond acceptors (Lipinski definition) is 5. The van der Waals surface area contributed by atoms with E-state index in [1.165, 1.54) is 0 Å². The molecule has 7 heteroatoms. The van der Waals surface area contributed by atoms with E-state index in [4.69, 9.17) is 5.84 Å².